The molecule has 0 aliphatic carbocycles. The molecule has 3 heteroatoms. The van der Waals surface area contributed by atoms with Gasteiger partial charge in [-0.05, 0) is 25.1 Å². The van der Waals surface area contributed by atoms with E-state index in [2.05, 4.69) is 23.0 Å². The second-order valence-electron chi connectivity index (χ2n) is 3.81. The molecular weight excluding hydrogens is 162 g/mol. The van der Waals surface area contributed by atoms with Crippen LogP contribution in [0.5, 0.6) is 0 Å². The maximum absolute atomic E-state index is 5.59. The monoisotopic (exact) mass is 179 g/mol. The Balaban J connectivity index is 2.21. The van der Waals surface area contributed by atoms with Crippen LogP contribution in [0.25, 0.3) is 0 Å². The first-order chi connectivity index (χ1) is 6.29. The summed E-state index contributed by atoms with van der Waals surface area (Å²) in [6, 6.07) is 2.22. The van der Waals surface area contributed by atoms with E-state index < -0.39 is 0 Å². The van der Waals surface area contributed by atoms with Crippen molar-refractivity contribution in [3.05, 3.63) is 23.0 Å². The first-order valence-electron chi connectivity index (χ1n) is 4.88. The first kappa shape index (κ1) is 8.78. The fourth-order valence-corrected chi connectivity index (χ4v) is 1.89. The molecule has 0 radical (unpaired) electrons. The molecule has 3 nitrogen and oxygen atoms in total. The zero-order valence-electron chi connectivity index (χ0n) is 8.14. The lowest BCUT2D eigenvalue weighted by molar-refractivity contribution is 0.351. The molecule has 0 saturated carbocycles. The number of hydrogen-bond donors (Lipinski definition) is 2. The summed E-state index contributed by atoms with van der Waals surface area (Å²) in [4.78, 5) is 5.76. The third-order valence-electron chi connectivity index (χ3n) is 2.77. The first-order valence-corrected chi connectivity index (χ1v) is 4.88. The van der Waals surface area contributed by atoms with Crippen molar-refractivity contribution in [1.29, 1.82) is 0 Å². The predicted octanol–water partition coefficient (Wildman–Crippen LogP) is 0.504. The van der Waals surface area contributed by atoms with E-state index in [9.17, 15) is 0 Å². The Morgan fingerprint density at radius 3 is 3.00 bits per heavy atom. The summed E-state index contributed by atoms with van der Waals surface area (Å²) in [6.45, 7) is 2.94. The molecular formula is C10H17N3. The van der Waals surface area contributed by atoms with E-state index in [-0.39, 0.29) is 0 Å². The smallest absolute Gasteiger partial charge is 0.0332 e. The van der Waals surface area contributed by atoms with E-state index in [1.807, 2.05) is 0 Å². The molecule has 0 unspecified atom stereocenters. The predicted molar refractivity (Wildman–Crippen MR) is 53.6 cm³/mol. The van der Waals surface area contributed by atoms with Gasteiger partial charge in [0.15, 0.2) is 0 Å². The maximum atomic E-state index is 5.59. The van der Waals surface area contributed by atoms with Gasteiger partial charge in [-0.3, -0.25) is 0 Å². The fraction of sp³-hybridized carbons (Fsp3) is 0.600. The number of nitrogens with zero attached hydrogens (tertiary/aromatic N) is 1. The highest BCUT2D eigenvalue weighted by molar-refractivity contribution is 5.27. The van der Waals surface area contributed by atoms with Gasteiger partial charge in [0.2, 0.25) is 0 Å². The van der Waals surface area contributed by atoms with Crippen molar-refractivity contribution in [1.82, 2.24) is 9.88 Å². The Kier molecular flexibility index (Phi) is 2.38. The van der Waals surface area contributed by atoms with Crippen LogP contribution in [0.15, 0.2) is 6.07 Å². The summed E-state index contributed by atoms with van der Waals surface area (Å²) >= 11 is 0. The fourth-order valence-electron chi connectivity index (χ4n) is 1.89. The highest BCUT2D eigenvalue weighted by Crippen LogP contribution is 2.15. The van der Waals surface area contributed by atoms with Crippen molar-refractivity contribution in [3.8, 4) is 0 Å². The Hall–Kier alpha value is -0.800. The molecule has 1 aliphatic heterocycles. The number of likely N-dealkylation sites (N-methyl/N-ethyl adjacent to an activating group) is 1. The van der Waals surface area contributed by atoms with Gasteiger partial charge in [0.05, 0.1) is 0 Å². The molecule has 3 N–H and O–H groups in total. The molecule has 0 atom stereocenters. The van der Waals surface area contributed by atoms with Crippen molar-refractivity contribution < 1.29 is 0 Å². The highest BCUT2D eigenvalue weighted by atomic mass is 15.1. The quantitative estimate of drug-likeness (QED) is 0.659. The average Bonchev–Trinajstić information content (AvgIpc) is 2.47. The van der Waals surface area contributed by atoms with Gasteiger partial charge in [-0.15, -0.1) is 0 Å². The summed E-state index contributed by atoms with van der Waals surface area (Å²) < 4.78 is 0. The molecule has 2 heterocycles. The normalized spacial score (nSPS) is 18.3. The third-order valence-corrected chi connectivity index (χ3v) is 2.77. The van der Waals surface area contributed by atoms with Crippen molar-refractivity contribution in [3.63, 3.8) is 0 Å². The topological polar surface area (TPSA) is 45.0 Å². The largest absolute Gasteiger partial charge is 0.361 e. The molecule has 0 fully saturated rings. The Morgan fingerprint density at radius 1 is 1.46 bits per heavy atom. The number of aromatic nitrogens is 1. The molecule has 1 aliphatic rings. The number of rotatable bonds is 1. The summed E-state index contributed by atoms with van der Waals surface area (Å²) in [7, 11) is 2.18. The van der Waals surface area contributed by atoms with Gasteiger partial charge in [-0.2, -0.15) is 0 Å². The lowest BCUT2D eigenvalue weighted by Crippen LogP contribution is -2.21. The molecule has 0 saturated heterocycles. The third kappa shape index (κ3) is 1.76. The van der Waals surface area contributed by atoms with E-state index in [1.165, 1.54) is 17.0 Å². The van der Waals surface area contributed by atoms with Crippen LogP contribution < -0.4 is 5.73 Å². The summed E-state index contributed by atoms with van der Waals surface area (Å²) in [5.74, 6) is 0. The molecule has 0 spiro atoms. The van der Waals surface area contributed by atoms with E-state index in [1.54, 1.807) is 0 Å². The molecule has 72 valence electrons. The minimum absolute atomic E-state index is 0.628. The standard InChI is InChI=1S/C10H17N3/c1-13-4-2-8-6-9(7-11)12-10(8)3-5-13/h6,12H,2-5,7,11H2,1H3. The van der Waals surface area contributed by atoms with E-state index in [0.717, 1.165) is 25.9 Å². The van der Waals surface area contributed by atoms with Crippen LogP contribution in [0.1, 0.15) is 17.0 Å². The van der Waals surface area contributed by atoms with Crippen molar-refractivity contribution in [2.45, 2.75) is 19.4 Å². The van der Waals surface area contributed by atoms with Gasteiger partial charge in [0, 0.05) is 37.4 Å². The number of aromatic amines is 1. The second kappa shape index (κ2) is 3.52. The molecule has 1 aromatic heterocycles. The number of H-pyrrole nitrogens is 1. The maximum Gasteiger partial charge on any atom is 0.0332 e. The molecule has 2 rings (SSSR count). The van der Waals surface area contributed by atoms with Crippen molar-refractivity contribution in [2.75, 3.05) is 20.1 Å². The van der Waals surface area contributed by atoms with Crippen LogP contribution >= 0.6 is 0 Å². The van der Waals surface area contributed by atoms with Gasteiger partial charge in [0.1, 0.15) is 0 Å². The van der Waals surface area contributed by atoms with Gasteiger partial charge in [-0.1, -0.05) is 0 Å². The minimum Gasteiger partial charge on any atom is -0.361 e. The number of hydrogen-bond acceptors (Lipinski definition) is 2. The van der Waals surface area contributed by atoms with E-state index >= 15 is 0 Å². The zero-order valence-corrected chi connectivity index (χ0v) is 8.14. The highest BCUT2D eigenvalue weighted by Gasteiger charge is 2.12. The Morgan fingerprint density at radius 2 is 2.23 bits per heavy atom. The lowest BCUT2D eigenvalue weighted by atomic mass is 10.1. The van der Waals surface area contributed by atoms with Crippen LogP contribution in [-0.2, 0) is 19.4 Å². The number of nitrogens with one attached hydrogen (secondary N) is 1. The van der Waals surface area contributed by atoms with Crippen LogP contribution in [-0.4, -0.2) is 30.0 Å². The van der Waals surface area contributed by atoms with Crippen LogP contribution in [0.4, 0.5) is 0 Å². The van der Waals surface area contributed by atoms with Crippen molar-refractivity contribution >= 4 is 0 Å². The SMILES string of the molecule is CN1CCc2cc(CN)[nH]c2CC1. The average molecular weight is 179 g/mol. The van der Waals surface area contributed by atoms with E-state index in [0.29, 0.717) is 6.54 Å². The summed E-state index contributed by atoms with van der Waals surface area (Å²) in [5, 5.41) is 0. The minimum atomic E-state index is 0.628. The second-order valence-corrected chi connectivity index (χ2v) is 3.81. The molecule has 13 heavy (non-hydrogen) atoms. The molecule has 0 bridgehead atoms. The summed E-state index contributed by atoms with van der Waals surface area (Å²) in [6.07, 6.45) is 2.29. The number of fused-ring (bicyclic) bond motifs is 1. The molecule has 0 amide bonds. The van der Waals surface area contributed by atoms with E-state index in [4.69, 9.17) is 5.73 Å². The Labute approximate surface area is 78.9 Å². The van der Waals surface area contributed by atoms with Crippen LogP contribution in [0, 0.1) is 0 Å². The van der Waals surface area contributed by atoms with Gasteiger partial charge >= 0.3 is 0 Å². The van der Waals surface area contributed by atoms with Gasteiger partial charge in [-0.25, -0.2) is 0 Å². The number of nitrogens with two attached hydrogens (primary N) is 1. The van der Waals surface area contributed by atoms with Crippen LogP contribution in [0.2, 0.25) is 0 Å². The zero-order chi connectivity index (χ0) is 9.26. The van der Waals surface area contributed by atoms with Crippen molar-refractivity contribution in [2.24, 2.45) is 5.73 Å². The van der Waals surface area contributed by atoms with Gasteiger partial charge < -0.3 is 15.6 Å². The molecule has 0 aromatic carbocycles. The molecule has 1 aromatic rings. The Bertz CT molecular complexity index is 265. The summed E-state index contributed by atoms with van der Waals surface area (Å²) in [5.41, 5.74) is 9.62. The van der Waals surface area contributed by atoms with Crippen LogP contribution in [0.3, 0.4) is 0 Å². The van der Waals surface area contributed by atoms with Gasteiger partial charge in [0.25, 0.3) is 0 Å². The lowest BCUT2D eigenvalue weighted by Gasteiger charge is -2.11.